The molecule has 0 heterocycles. The lowest BCUT2D eigenvalue weighted by Gasteiger charge is -2.11. The molecule has 1 saturated carbocycles. The van der Waals surface area contributed by atoms with Gasteiger partial charge in [0, 0.05) is 28.3 Å². The molecule has 110 valence electrons. The van der Waals surface area contributed by atoms with E-state index in [4.69, 9.17) is 11.6 Å². The Morgan fingerprint density at radius 3 is 2.71 bits per heavy atom. The summed E-state index contributed by atoms with van der Waals surface area (Å²) in [6, 6.07) is 15.5. The van der Waals surface area contributed by atoms with Crippen LogP contribution >= 0.6 is 23.4 Å². The quantitative estimate of drug-likeness (QED) is 0.736. The molecule has 1 N–H and O–H groups in total. The molecule has 1 nitrogen and oxygen atoms in total. The highest BCUT2D eigenvalue weighted by atomic mass is 35.5. The van der Waals surface area contributed by atoms with Gasteiger partial charge in [-0.15, -0.1) is 11.8 Å². The number of benzene rings is 2. The van der Waals surface area contributed by atoms with E-state index in [0.717, 1.165) is 23.4 Å². The molecule has 0 unspecified atom stereocenters. The molecule has 0 aromatic heterocycles. The van der Waals surface area contributed by atoms with Crippen LogP contribution in [-0.4, -0.2) is 6.04 Å². The van der Waals surface area contributed by atoms with Gasteiger partial charge >= 0.3 is 0 Å². The predicted octanol–water partition coefficient (Wildman–Crippen LogP) is 5.19. The summed E-state index contributed by atoms with van der Waals surface area (Å²) >= 11 is 8.05. The third kappa shape index (κ3) is 4.26. The molecule has 3 rings (SSSR count). The molecular formula is C18H20ClNS. The lowest BCUT2D eigenvalue weighted by molar-refractivity contribution is 0.680. The molecule has 0 spiro atoms. The van der Waals surface area contributed by atoms with Crippen LogP contribution in [0.3, 0.4) is 0 Å². The first-order valence-corrected chi connectivity index (χ1v) is 8.78. The molecule has 1 aliphatic carbocycles. The third-order valence-electron chi connectivity index (χ3n) is 3.83. The maximum Gasteiger partial charge on any atom is 0.0410 e. The summed E-state index contributed by atoms with van der Waals surface area (Å²) in [5.41, 5.74) is 4.07. The van der Waals surface area contributed by atoms with E-state index in [0.29, 0.717) is 0 Å². The molecule has 3 heteroatoms. The summed E-state index contributed by atoms with van der Waals surface area (Å²) < 4.78 is 0. The topological polar surface area (TPSA) is 12.0 Å². The molecule has 1 aliphatic rings. The van der Waals surface area contributed by atoms with Crippen molar-refractivity contribution in [3.63, 3.8) is 0 Å². The maximum absolute atomic E-state index is 6.15. The van der Waals surface area contributed by atoms with Gasteiger partial charge in [-0.1, -0.05) is 35.9 Å². The monoisotopic (exact) mass is 317 g/mol. The van der Waals surface area contributed by atoms with Crippen LogP contribution < -0.4 is 5.32 Å². The van der Waals surface area contributed by atoms with Gasteiger partial charge in [-0.25, -0.2) is 0 Å². The van der Waals surface area contributed by atoms with Crippen molar-refractivity contribution in [2.75, 3.05) is 0 Å². The fourth-order valence-corrected chi connectivity index (χ4v) is 3.61. The van der Waals surface area contributed by atoms with Gasteiger partial charge < -0.3 is 5.32 Å². The Bertz CT molecular complexity index is 622. The maximum atomic E-state index is 6.15. The molecule has 2 aromatic rings. The average Bonchev–Trinajstić information content (AvgIpc) is 3.30. The molecular weight excluding hydrogens is 298 g/mol. The van der Waals surface area contributed by atoms with E-state index in [-0.39, 0.29) is 0 Å². The van der Waals surface area contributed by atoms with Crippen molar-refractivity contribution >= 4 is 23.4 Å². The van der Waals surface area contributed by atoms with Crippen molar-refractivity contribution in [2.45, 2.75) is 43.0 Å². The zero-order chi connectivity index (χ0) is 14.7. The fourth-order valence-electron chi connectivity index (χ4n) is 2.30. The zero-order valence-electron chi connectivity index (χ0n) is 12.2. The molecule has 21 heavy (non-hydrogen) atoms. The first-order chi connectivity index (χ1) is 10.2. The van der Waals surface area contributed by atoms with Crippen LogP contribution in [0.1, 0.15) is 29.5 Å². The lowest BCUT2D eigenvalue weighted by atomic mass is 10.1. The Kier molecular flexibility index (Phi) is 4.89. The number of nitrogens with one attached hydrogen (secondary N) is 1. The molecule has 0 aliphatic heterocycles. The van der Waals surface area contributed by atoms with E-state index >= 15 is 0 Å². The van der Waals surface area contributed by atoms with Crippen molar-refractivity contribution < 1.29 is 0 Å². The third-order valence-corrected chi connectivity index (χ3v) is 5.23. The summed E-state index contributed by atoms with van der Waals surface area (Å²) in [6.45, 7) is 3.09. The molecule has 0 bridgehead atoms. The average molecular weight is 318 g/mol. The second-order valence-corrected chi connectivity index (χ2v) is 7.08. The van der Waals surface area contributed by atoms with Crippen molar-refractivity contribution in [3.05, 3.63) is 64.2 Å². The summed E-state index contributed by atoms with van der Waals surface area (Å²) in [4.78, 5) is 1.33. The van der Waals surface area contributed by atoms with E-state index in [1.165, 1.54) is 34.4 Å². The van der Waals surface area contributed by atoms with Crippen LogP contribution in [-0.2, 0) is 12.3 Å². The van der Waals surface area contributed by atoms with Gasteiger partial charge in [-0.3, -0.25) is 0 Å². The fraction of sp³-hybridized carbons (Fsp3) is 0.333. The van der Waals surface area contributed by atoms with Crippen LogP contribution in [0.2, 0.25) is 5.02 Å². The van der Waals surface area contributed by atoms with Gasteiger partial charge in [0.25, 0.3) is 0 Å². The summed E-state index contributed by atoms with van der Waals surface area (Å²) in [5.74, 6) is 1.00. The Labute approximate surface area is 136 Å². The van der Waals surface area contributed by atoms with E-state index < -0.39 is 0 Å². The Balaban J connectivity index is 1.70. The van der Waals surface area contributed by atoms with Crippen molar-refractivity contribution in [1.82, 2.24) is 5.32 Å². The summed E-state index contributed by atoms with van der Waals surface area (Å²) in [7, 11) is 0. The van der Waals surface area contributed by atoms with Gasteiger partial charge in [0.2, 0.25) is 0 Å². The highest BCUT2D eigenvalue weighted by Gasteiger charge is 2.20. The lowest BCUT2D eigenvalue weighted by Crippen LogP contribution is -2.15. The summed E-state index contributed by atoms with van der Waals surface area (Å²) in [5, 5.41) is 4.40. The summed E-state index contributed by atoms with van der Waals surface area (Å²) in [6.07, 6.45) is 2.62. The second kappa shape index (κ2) is 6.87. The highest BCUT2D eigenvalue weighted by Crippen LogP contribution is 2.30. The van der Waals surface area contributed by atoms with Gasteiger partial charge in [-0.2, -0.15) is 0 Å². The number of thioether (sulfide) groups is 1. The molecule has 0 atom stereocenters. The number of rotatable bonds is 6. The Morgan fingerprint density at radius 1 is 1.14 bits per heavy atom. The molecule has 1 fully saturated rings. The van der Waals surface area contributed by atoms with Crippen molar-refractivity contribution in [2.24, 2.45) is 0 Å². The van der Waals surface area contributed by atoms with Gasteiger partial charge in [0.05, 0.1) is 0 Å². The highest BCUT2D eigenvalue weighted by molar-refractivity contribution is 7.98. The van der Waals surface area contributed by atoms with Gasteiger partial charge in [0.15, 0.2) is 0 Å². The van der Waals surface area contributed by atoms with Crippen LogP contribution in [0.25, 0.3) is 0 Å². The number of hydrogen-bond donors (Lipinski definition) is 1. The van der Waals surface area contributed by atoms with Crippen LogP contribution in [0.15, 0.2) is 47.4 Å². The van der Waals surface area contributed by atoms with E-state index in [2.05, 4.69) is 48.6 Å². The first-order valence-electron chi connectivity index (χ1n) is 7.41. The second-order valence-electron chi connectivity index (χ2n) is 5.62. The normalized spacial score (nSPS) is 14.4. The van der Waals surface area contributed by atoms with Crippen LogP contribution in [0.5, 0.6) is 0 Å². The molecule has 2 aromatic carbocycles. The first kappa shape index (κ1) is 15.0. The smallest absolute Gasteiger partial charge is 0.0410 e. The number of hydrogen-bond acceptors (Lipinski definition) is 2. The van der Waals surface area contributed by atoms with Crippen molar-refractivity contribution in [3.8, 4) is 0 Å². The Hall–Kier alpha value is -0.960. The van der Waals surface area contributed by atoms with Crippen LogP contribution in [0, 0.1) is 6.92 Å². The SMILES string of the molecule is Cc1ccccc1CSc1ccc(Cl)cc1CNC1CC1. The van der Waals surface area contributed by atoms with E-state index in [1.54, 1.807) is 0 Å². The minimum atomic E-state index is 0.721. The van der Waals surface area contributed by atoms with Gasteiger partial charge in [0.1, 0.15) is 0 Å². The minimum absolute atomic E-state index is 0.721. The molecule has 0 radical (unpaired) electrons. The molecule has 0 saturated heterocycles. The minimum Gasteiger partial charge on any atom is -0.310 e. The number of aryl methyl sites for hydroxylation is 1. The van der Waals surface area contributed by atoms with Gasteiger partial charge in [-0.05, 0) is 54.7 Å². The Morgan fingerprint density at radius 2 is 1.95 bits per heavy atom. The zero-order valence-corrected chi connectivity index (χ0v) is 13.8. The standard InChI is InChI=1S/C18H20ClNS/c1-13-4-2-3-5-14(13)12-21-18-9-6-16(19)10-15(18)11-20-17-7-8-17/h2-6,9-10,17,20H,7-8,11-12H2,1H3. The van der Waals surface area contributed by atoms with E-state index in [1.807, 2.05) is 17.8 Å². The van der Waals surface area contributed by atoms with Crippen LogP contribution in [0.4, 0.5) is 0 Å². The molecule has 0 amide bonds. The van der Waals surface area contributed by atoms with E-state index in [9.17, 15) is 0 Å². The number of halogens is 1. The largest absolute Gasteiger partial charge is 0.310 e. The van der Waals surface area contributed by atoms with Crippen molar-refractivity contribution in [1.29, 1.82) is 0 Å². The predicted molar refractivity (Wildman–Crippen MR) is 92.1 cm³/mol.